The van der Waals surface area contributed by atoms with E-state index in [1.807, 2.05) is 0 Å². The minimum absolute atomic E-state index is 0.0936. The van der Waals surface area contributed by atoms with E-state index in [0.29, 0.717) is 0 Å². The number of nitrogens with one attached hydrogen (secondary N) is 2. The maximum atomic E-state index is 14.0. The molecule has 98 valence electrons. The average molecular weight is 253 g/mol. The molecule has 0 unspecified atom stereocenters. The van der Waals surface area contributed by atoms with Gasteiger partial charge in [0.15, 0.2) is 11.6 Å². The number of esters is 1. The highest BCUT2D eigenvalue weighted by Gasteiger charge is 2.19. The van der Waals surface area contributed by atoms with E-state index in [9.17, 15) is 9.18 Å². The second-order valence-corrected chi connectivity index (χ2v) is 4.18. The molecule has 0 aliphatic carbocycles. The van der Waals surface area contributed by atoms with Crippen LogP contribution in [0.2, 0.25) is 0 Å². The number of methoxy groups -OCH3 is 1. The molecule has 1 aromatic rings. The minimum Gasteiger partial charge on any atom is -0.465 e. The molecular formula is C12H16FN3O2. The van der Waals surface area contributed by atoms with Gasteiger partial charge in [-0.2, -0.15) is 0 Å². The first-order valence-electron chi connectivity index (χ1n) is 5.92. The topological polar surface area (TPSA) is 63.2 Å². The van der Waals surface area contributed by atoms with Crippen molar-refractivity contribution in [2.45, 2.75) is 18.9 Å². The Labute approximate surface area is 105 Å². The SMILES string of the molecule is COC(=O)c1ccnc(NC2CCNCC2)c1F. The van der Waals surface area contributed by atoms with E-state index in [1.165, 1.54) is 19.4 Å². The third-order valence-corrected chi connectivity index (χ3v) is 2.97. The summed E-state index contributed by atoms with van der Waals surface area (Å²) in [6.07, 6.45) is 3.21. The van der Waals surface area contributed by atoms with Crippen LogP contribution in [-0.4, -0.2) is 37.2 Å². The number of nitrogens with zero attached hydrogens (tertiary/aromatic N) is 1. The van der Waals surface area contributed by atoms with Crippen molar-refractivity contribution in [2.75, 3.05) is 25.5 Å². The predicted molar refractivity (Wildman–Crippen MR) is 65.0 cm³/mol. The van der Waals surface area contributed by atoms with E-state index in [0.717, 1.165) is 25.9 Å². The Balaban J connectivity index is 2.15. The summed E-state index contributed by atoms with van der Waals surface area (Å²) in [5.74, 6) is -1.23. The number of piperidine rings is 1. The van der Waals surface area contributed by atoms with Crippen molar-refractivity contribution in [3.8, 4) is 0 Å². The summed E-state index contributed by atoms with van der Waals surface area (Å²) >= 11 is 0. The van der Waals surface area contributed by atoms with Gasteiger partial charge in [0.2, 0.25) is 0 Å². The van der Waals surface area contributed by atoms with E-state index in [1.54, 1.807) is 0 Å². The Kier molecular flexibility index (Phi) is 4.09. The summed E-state index contributed by atoms with van der Waals surface area (Å²) < 4.78 is 18.5. The summed E-state index contributed by atoms with van der Waals surface area (Å²) in [5.41, 5.74) is -0.0936. The molecule has 2 rings (SSSR count). The van der Waals surface area contributed by atoms with Gasteiger partial charge in [-0.1, -0.05) is 0 Å². The highest BCUT2D eigenvalue weighted by Crippen LogP contribution is 2.18. The Morgan fingerprint density at radius 1 is 1.56 bits per heavy atom. The Bertz CT molecular complexity index is 433. The van der Waals surface area contributed by atoms with Gasteiger partial charge in [-0.25, -0.2) is 14.2 Å². The van der Waals surface area contributed by atoms with Gasteiger partial charge in [0, 0.05) is 12.2 Å². The number of aromatic nitrogens is 1. The molecule has 0 spiro atoms. The summed E-state index contributed by atoms with van der Waals surface area (Å²) in [6.45, 7) is 1.80. The lowest BCUT2D eigenvalue weighted by Crippen LogP contribution is -2.35. The number of carbonyl (C=O) groups is 1. The predicted octanol–water partition coefficient (Wildman–Crippen LogP) is 1.17. The molecule has 1 saturated heterocycles. The molecule has 0 atom stereocenters. The summed E-state index contributed by atoms with van der Waals surface area (Å²) in [5, 5.41) is 6.26. The molecule has 2 N–H and O–H groups in total. The number of ether oxygens (including phenoxy) is 1. The molecule has 0 radical (unpaired) electrons. The first kappa shape index (κ1) is 12.8. The highest BCUT2D eigenvalue weighted by molar-refractivity contribution is 5.90. The van der Waals surface area contributed by atoms with Gasteiger partial charge in [0.1, 0.15) is 5.56 Å². The lowest BCUT2D eigenvalue weighted by atomic mass is 10.1. The highest BCUT2D eigenvalue weighted by atomic mass is 19.1. The van der Waals surface area contributed by atoms with Crippen LogP contribution in [0, 0.1) is 5.82 Å². The lowest BCUT2D eigenvalue weighted by molar-refractivity contribution is 0.0595. The van der Waals surface area contributed by atoms with Gasteiger partial charge in [0.05, 0.1) is 7.11 Å². The molecule has 1 aliphatic rings. The van der Waals surface area contributed by atoms with Crippen molar-refractivity contribution < 1.29 is 13.9 Å². The second kappa shape index (κ2) is 5.77. The fraction of sp³-hybridized carbons (Fsp3) is 0.500. The molecule has 1 aromatic heterocycles. The molecule has 0 amide bonds. The van der Waals surface area contributed by atoms with Gasteiger partial charge >= 0.3 is 5.97 Å². The van der Waals surface area contributed by atoms with Gasteiger partial charge in [-0.3, -0.25) is 0 Å². The van der Waals surface area contributed by atoms with E-state index in [2.05, 4.69) is 20.4 Å². The van der Waals surface area contributed by atoms with Crippen LogP contribution in [0.5, 0.6) is 0 Å². The van der Waals surface area contributed by atoms with E-state index in [4.69, 9.17) is 0 Å². The van der Waals surface area contributed by atoms with Crippen LogP contribution in [0.3, 0.4) is 0 Å². The number of hydrogen-bond acceptors (Lipinski definition) is 5. The Hall–Kier alpha value is -1.69. The maximum Gasteiger partial charge on any atom is 0.341 e. The largest absolute Gasteiger partial charge is 0.465 e. The van der Waals surface area contributed by atoms with E-state index >= 15 is 0 Å². The number of halogens is 1. The zero-order chi connectivity index (χ0) is 13.0. The molecule has 6 heteroatoms. The Morgan fingerprint density at radius 2 is 2.28 bits per heavy atom. The first-order valence-corrected chi connectivity index (χ1v) is 5.92. The number of hydrogen-bond donors (Lipinski definition) is 2. The first-order chi connectivity index (χ1) is 8.72. The molecule has 0 bridgehead atoms. The summed E-state index contributed by atoms with van der Waals surface area (Å²) in [7, 11) is 1.22. The average Bonchev–Trinajstić information content (AvgIpc) is 2.41. The van der Waals surface area contributed by atoms with Crippen LogP contribution in [0.4, 0.5) is 10.2 Å². The smallest absolute Gasteiger partial charge is 0.341 e. The third-order valence-electron chi connectivity index (χ3n) is 2.97. The summed E-state index contributed by atoms with van der Waals surface area (Å²) in [4.78, 5) is 15.3. The number of anilines is 1. The van der Waals surface area contributed by atoms with Crippen molar-refractivity contribution in [3.05, 3.63) is 23.6 Å². The van der Waals surface area contributed by atoms with Gasteiger partial charge < -0.3 is 15.4 Å². The number of carbonyl (C=O) groups excluding carboxylic acids is 1. The standard InChI is InChI=1S/C12H16FN3O2/c1-18-12(17)9-4-7-15-11(10(9)13)16-8-2-5-14-6-3-8/h4,7-8,14H,2-3,5-6H2,1H3,(H,15,16). The molecule has 1 fully saturated rings. The molecule has 0 saturated carbocycles. The quantitative estimate of drug-likeness (QED) is 0.792. The molecule has 5 nitrogen and oxygen atoms in total. The van der Waals surface area contributed by atoms with Crippen molar-refractivity contribution in [1.29, 1.82) is 0 Å². The monoisotopic (exact) mass is 253 g/mol. The van der Waals surface area contributed by atoms with Gasteiger partial charge in [-0.05, 0) is 32.0 Å². The van der Waals surface area contributed by atoms with Crippen molar-refractivity contribution in [3.63, 3.8) is 0 Å². The lowest BCUT2D eigenvalue weighted by Gasteiger charge is -2.24. The normalized spacial score (nSPS) is 16.3. The molecule has 1 aliphatic heterocycles. The van der Waals surface area contributed by atoms with Crippen molar-refractivity contribution >= 4 is 11.8 Å². The Morgan fingerprint density at radius 3 is 2.94 bits per heavy atom. The van der Waals surface area contributed by atoms with Crippen LogP contribution >= 0.6 is 0 Å². The summed E-state index contributed by atoms with van der Waals surface area (Å²) in [6, 6.07) is 1.50. The second-order valence-electron chi connectivity index (χ2n) is 4.18. The van der Waals surface area contributed by atoms with Gasteiger partial charge in [0.25, 0.3) is 0 Å². The molecular weight excluding hydrogens is 237 g/mol. The number of pyridine rings is 1. The zero-order valence-corrected chi connectivity index (χ0v) is 10.2. The molecule has 18 heavy (non-hydrogen) atoms. The van der Waals surface area contributed by atoms with Crippen molar-refractivity contribution in [2.24, 2.45) is 0 Å². The van der Waals surface area contributed by atoms with E-state index < -0.39 is 11.8 Å². The van der Waals surface area contributed by atoms with Crippen LogP contribution in [0.15, 0.2) is 12.3 Å². The van der Waals surface area contributed by atoms with Crippen molar-refractivity contribution in [1.82, 2.24) is 10.3 Å². The fourth-order valence-corrected chi connectivity index (χ4v) is 1.97. The zero-order valence-electron chi connectivity index (χ0n) is 10.2. The maximum absolute atomic E-state index is 14.0. The van der Waals surface area contributed by atoms with Crippen LogP contribution in [0.1, 0.15) is 23.2 Å². The minimum atomic E-state index is -0.691. The fourth-order valence-electron chi connectivity index (χ4n) is 1.97. The molecule has 2 heterocycles. The third kappa shape index (κ3) is 2.76. The number of rotatable bonds is 3. The van der Waals surface area contributed by atoms with Crippen LogP contribution in [0.25, 0.3) is 0 Å². The van der Waals surface area contributed by atoms with Crippen LogP contribution in [-0.2, 0) is 4.74 Å². The van der Waals surface area contributed by atoms with E-state index in [-0.39, 0.29) is 17.4 Å². The van der Waals surface area contributed by atoms with Crippen LogP contribution < -0.4 is 10.6 Å². The van der Waals surface area contributed by atoms with Gasteiger partial charge in [-0.15, -0.1) is 0 Å². The molecule has 0 aromatic carbocycles.